The van der Waals surface area contributed by atoms with Crippen LogP contribution in [0.2, 0.25) is 0 Å². The normalized spacial score (nSPS) is 16.4. The smallest absolute Gasteiger partial charge is 0.352 e. The predicted molar refractivity (Wildman–Crippen MR) is 65.3 cm³/mol. The molecule has 0 aliphatic heterocycles. The number of allylic oxidation sites excluding steroid dienone is 1. The molecule has 0 radical (unpaired) electrons. The molecule has 0 amide bonds. The van der Waals surface area contributed by atoms with Gasteiger partial charge >= 0.3 is 7.60 Å². The summed E-state index contributed by atoms with van der Waals surface area (Å²) in [5, 5.41) is -1.49. The first kappa shape index (κ1) is 16.8. The van der Waals surface area contributed by atoms with E-state index in [9.17, 15) is 9.13 Å². The standard InChI is InChI=1S/C6H11Cl3O5P2/c1-4(2)14-5(3-15(10,11)12)6(7)16(8,9)13/h3-4,6H,1-2H3,(H2,10,11,12). The van der Waals surface area contributed by atoms with E-state index in [4.69, 9.17) is 48.6 Å². The second-order valence-corrected chi connectivity index (χ2v) is 10.4. The zero-order valence-electron chi connectivity index (χ0n) is 8.38. The van der Waals surface area contributed by atoms with Gasteiger partial charge in [0.2, 0.25) is 0 Å². The largest absolute Gasteiger partial charge is 0.493 e. The lowest BCUT2D eigenvalue weighted by Gasteiger charge is -2.18. The minimum Gasteiger partial charge on any atom is -0.493 e. The van der Waals surface area contributed by atoms with E-state index in [0.717, 1.165) is 0 Å². The van der Waals surface area contributed by atoms with Gasteiger partial charge in [0.15, 0.2) is 5.12 Å². The summed E-state index contributed by atoms with van der Waals surface area (Å²) in [7, 11) is -4.51. The molecule has 1 unspecified atom stereocenters. The van der Waals surface area contributed by atoms with Crippen molar-refractivity contribution in [2.45, 2.75) is 25.1 Å². The molecule has 10 heteroatoms. The minimum absolute atomic E-state index is 0.390. The van der Waals surface area contributed by atoms with Gasteiger partial charge in [-0.05, 0) is 36.3 Å². The molecule has 0 spiro atoms. The molecule has 0 aromatic carbocycles. The molecule has 0 aliphatic carbocycles. The zero-order valence-corrected chi connectivity index (χ0v) is 12.4. The Balaban J connectivity index is 5.19. The first-order chi connectivity index (χ1) is 6.93. The van der Waals surface area contributed by atoms with E-state index in [2.05, 4.69) is 0 Å². The van der Waals surface area contributed by atoms with Crippen LogP contribution in [0.15, 0.2) is 11.6 Å². The monoisotopic (exact) mass is 330 g/mol. The van der Waals surface area contributed by atoms with Crippen molar-refractivity contribution in [1.82, 2.24) is 0 Å². The molecule has 5 nitrogen and oxygen atoms in total. The summed E-state index contributed by atoms with van der Waals surface area (Å²) in [5.41, 5.74) is 0. The minimum atomic E-state index is -4.51. The SMILES string of the molecule is CC(C)OC(=CP(=O)(O)O)C(Cl)P(=O)(Cl)Cl. The molecule has 0 aliphatic rings. The Morgan fingerprint density at radius 3 is 2.00 bits per heavy atom. The van der Waals surface area contributed by atoms with Gasteiger partial charge in [0, 0.05) is 0 Å². The van der Waals surface area contributed by atoms with E-state index in [1.54, 1.807) is 13.8 Å². The van der Waals surface area contributed by atoms with Gasteiger partial charge in [-0.1, -0.05) is 0 Å². The summed E-state index contributed by atoms with van der Waals surface area (Å²) in [4.78, 5) is 17.5. The van der Waals surface area contributed by atoms with Crippen molar-refractivity contribution in [2.75, 3.05) is 0 Å². The van der Waals surface area contributed by atoms with Crippen LogP contribution in [0.25, 0.3) is 0 Å². The zero-order chi connectivity index (χ0) is 13.1. The molecule has 2 N–H and O–H groups in total. The highest BCUT2D eigenvalue weighted by Crippen LogP contribution is 2.65. The number of halogens is 3. The number of alkyl halides is 1. The van der Waals surface area contributed by atoms with Crippen molar-refractivity contribution in [3.8, 4) is 0 Å². The summed E-state index contributed by atoms with van der Waals surface area (Å²) in [6, 6.07) is 0. The van der Waals surface area contributed by atoms with Crippen LogP contribution >= 0.6 is 47.5 Å². The Morgan fingerprint density at radius 2 is 1.75 bits per heavy atom. The number of rotatable bonds is 5. The highest BCUT2D eigenvalue weighted by Gasteiger charge is 2.33. The van der Waals surface area contributed by atoms with E-state index >= 15 is 0 Å². The molecule has 0 saturated carbocycles. The van der Waals surface area contributed by atoms with Crippen LogP contribution in [-0.2, 0) is 13.9 Å². The molecule has 1 atom stereocenters. The Labute approximate surface area is 108 Å². The summed E-state index contributed by atoms with van der Waals surface area (Å²) in [6.45, 7) is 3.20. The van der Waals surface area contributed by atoms with Crippen molar-refractivity contribution >= 4 is 47.5 Å². The van der Waals surface area contributed by atoms with Crippen molar-refractivity contribution in [2.24, 2.45) is 0 Å². The second kappa shape index (κ2) is 6.10. The fraction of sp³-hybridized carbons (Fsp3) is 0.667. The van der Waals surface area contributed by atoms with Crippen molar-refractivity contribution in [1.29, 1.82) is 0 Å². The van der Waals surface area contributed by atoms with Crippen LogP contribution in [0.3, 0.4) is 0 Å². The third-order valence-corrected chi connectivity index (χ3v) is 5.35. The summed E-state index contributed by atoms with van der Waals surface area (Å²) in [5.74, 6) is -3.71. The van der Waals surface area contributed by atoms with Gasteiger partial charge < -0.3 is 14.5 Å². The maximum atomic E-state index is 11.2. The van der Waals surface area contributed by atoms with Crippen LogP contribution in [0.1, 0.15) is 13.8 Å². The average molecular weight is 331 g/mol. The lowest BCUT2D eigenvalue weighted by molar-refractivity contribution is 0.147. The highest BCUT2D eigenvalue weighted by atomic mass is 35.9. The van der Waals surface area contributed by atoms with Crippen molar-refractivity contribution in [3.63, 3.8) is 0 Å². The number of ether oxygens (including phenoxy) is 1. The molecule has 0 saturated heterocycles. The first-order valence-electron chi connectivity index (χ1n) is 4.01. The van der Waals surface area contributed by atoms with Gasteiger partial charge in [0.05, 0.1) is 11.9 Å². The third kappa shape index (κ3) is 7.18. The molecule has 0 bridgehead atoms. The van der Waals surface area contributed by atoms with Crippen LogP contribution in [-0.4, -0.2) is 21.0 Å². The van der Waals surface area contributed by atoms with Gasteiger partial charge in [-0.15, -0.1) is 11.6 Å². The molecule has 0 aromatic heterocycles. The average Bonchev–Trinajstić information content (AvgIpc) is 1.96. The Hall–Kier alpha value is 0.790. The second-order valence-electron chi connectivity index (χ2n) is 3.13. The molecule has 0 heterocycles. The van der Waals surface area contributed by atoms with Gasteiger partial charge in [-0.3, -0.25) is 9.13 Å². The maximum absolute atomic E-state index is 11.2. The fourth-order valence-corrected chi connectivity index (χ4v) is 2.60. The quantitative estimate of drug-likeness (QED) is 0.456. The molecule has 96 valence electrons. The van der Waals surface area contributed by atoms with E-state index in [-0.39, 0.29) is 0 Å². The Kier molecular flexibility index (Phi) is 6.40. The van der Waals surface area contributed by atoms with Gasteiger partial charge in [0.25, 0.3) is 5.85 Å². The lowest BCUT2D eigenvalue weighted by Crippen LogP contribution is -2.10. The van der Waals surface area contributed by atoms with Crippen LogP contribution < -0.4 is 0 Å². The Morgan fingerprint density at radius 1 is 1.31 bits per heavy atom. The van der Waals surface area contributed by atoms with E-state index < -0.39 is 30.4 Å². The third-order valence-electron chi connectivity index (χ3n) is 1.17. The Bertz CT molecular complexity index is 357. The fourth-order valence-electron chi connectivity index (χ4n) is 0.734. The number of hydrogen-bond donors (Lipinski definition) is 2. The van der Waals surface area contributed by atoms with Crippen molar-refractivity contribution < 1.29 is 23.7 Å². The first-order valence-corrected chi connectivity index (χ1v) is 9.71. The molecular weight excluding hydrogens is 320 g/mol. The van der Waals surface area contributed by atoms with Gasteiger partial charge in [-0.2, -0.15) is 0 Å². The molecule has 0 aromatic rings. The molecular formula is C6H11Cl3O5P2. The van der Waals surface area contributed by atoms with Crippen LogP contribution in [0, 0.1) is 0 Å². The number of hydrogen-bond acceptors (Lipinski definition) is 3. The van der Waals surface area contributed by atoms with E-state index in [0.29, 0.717) is 5.82 Å². The van der Waals surface area contributed by atoms with Gasteiger partial charge in [0.1, 0.15) is 5.76 Å². The van der Waals surface area contributed by atoms with Gasteiger partial charge in [-0.25, -0.2) is 0 Å². The summed E-state index contributed by atoms with van der Waals surface area (Å²) in [6.07, 6.45) is -0.418. The van der Waals surface area contributed by atoms with Crippen LogP contribution in [0.5, 0.6) is 0 Å². The van der Waals surface area contributed by atoms with Crippen LogP contribution in [0.4, 0.5) is 0 Å². The molecule has 16 heavy (non-hydrogen) atoms. The van der Waals surface area contributed by atoms with E-state index in [1.165, 1.54) is 0 Å². The topological polar surface area (TPSA) is 83.8 Å². The molecule has 0 fully saturated rings. The summed E-state index contributed by atoms with van der Waals surface area (Å²) >= 11 is 16.2. The molecule has 0 rings (SSSR count). The maximum Gasteiger partial charge on any atom is 0.352 e. The summed E-state index contributed by atoms with van der Waals surface area (Å²) < 4.78 is 27.0. The lowest BCUT2D eigenvalue weighted by atomic mass is 10.5. The van der Waals surface area contributed by atoms with E-state index in [1.807, 2.05) is 0 Å². The highest BCUT2D eigenvalue weighted by molar-refractivity contribution is 8.09. The van der Waals surface area contributed by atoms with Crippen molar-refractivity contribution in [3.05, 3.63) is 11.6 Å². The predicted octanol–water partition coefficient (Wildman–Crippen LogP) is 3.67.